The highest BCUT2D eigenvalue weighted by Gasteiger charge is 2.53. The topological polar surface area (TPSA) is 61.8 Å². The number of hydrogen-bond acceptors (Lipinski definition) is 3. The number of aromatic amines is 1. The van der Waals surface area contributed by atoms with Gasteiger partial charge in [0, 0.05) is 6.42 Å². The van der Waals surface area contributed by atoms with E-state index < -0.39 is 5.60 Å². The van der Waals surface area contributed by atoms with Gasteiger partial charge in [0.15, 0.2) is 0 Å². The van der Waals surface area contributed by atoms with Gasteiger partial charge in [0.25, 0.3) is 0 Å². The molecule has 1 spiro atoms. The Morgan fingerprint density at radius 1 is 1.12 bits per heavy atom. The number of hydrogen-bond donors (Lipinski definition) is 2. The van der Waals surface area contributed by atoms with Gasteiger partial charge in [0.1, 0.15) is 0 Å². The second kappa shape index (κ2) is 4.09. The van der Waals surface area contributed by atoms with Crippen LogP contribution < -0.4 is 0 Å². The van der Waals surface area contributed by atoms with E-state index >= 15 is 0 Å². The maximum Gasteiger partial charge on any atom is 0.0853 e. The summed E-state index contributed by atoms with van der Waals surface area (Å²) >= 11 is 0. The fourth-order valence-electron chi connectivity index (χ4n) is 4.05. The van der Waals surface area contributed by atoms with E-state index in [4.69, 9.17) is 0 Å². The van der Waals surface area contributed by atoms with Crippen LogP contribution in [-0.4, -0.2) is 26.1 Å². The average molecular weight is 235 g/mol. The smallest absolute Gasteiger partial charge is 0.0853 e. The fraction of sp³-hybridized carbons (Fsp3) is 0.846. The third kappa shape index (κ3) is 1.79. The van der Waals surface area contributed by atoms with Crippen molar-refractivity contribution in [2.24, 2.45) is 5.41 Å². The summed E-state index contributed by atoms with van der Waals surface area (Å²) < 4.78 is 0. The molecule has 1 unspecified atom stereocenters. The summed E-state index contributed by atoms with van der Waals surface area (Å²) in [4.78, 5) is 0. The van der Waals surface area contributed by atoms with Crippen LogP contribution in [0, 0.1) is 5.41 Å². The first kappa shape index (κ1) is 11.2. The van der Waals surface area contributed by atoms with Crippen LogP contribution in [0.1, 0.15) is 57.1 Å². The fourth-order valence-corrected chi connectivity index (χ4v) is 4.05. The van der Waals surface area contributed by atoms with Crippen molar-refractivity contribution >= 4 is 0 Å². The Balaban J connectivity index is 1.83. The zero-order chi connectivity index (χ0) is 11.8. The van der Waals surface area contributed by atoms with Gasteiger partial charge in [-0.15, -0.1) is 0 Å². The molecular formula is C13H21N3O. The molecule has 17 heavy (non-hydrogen) atoms. The Hall–Kier alpha value is -0.900. The third-order valence-corrected chi connectivity index (χ3v) is 4.98. The quantitative estimate of drug-likeness (QED) is 0.826. The van der Waals surface area contributed by atoms with E-state index in [-0.39, 0.29) is 5.41 Å². The Bertz CT molecular complexity index is 370. The van der Waals surface area contributed by atoms with E-state index in [1.54, 1.807) is 6.20 Å². The summed E-state index contributed by atoms with van der Waals surface area (Å²) in [6.07, 6.45) is 12.0. The predicted octanol–water partition coefficient (Wildman–Crippen LogP) is 2.21. The van der Waals surface area contributed by atoms with Gasteiger partial charge in [0.05, 0.1) is 17.5 Å². The van der Waals surface area contributed by atoms with Gasteiger partial charge in [0.2, 0.25) is 0 Å². The average Bonchev–Trinajstić information content (AvgIpc) is 2.91. The maximum absolute atomic E-state index is 11.1. The largest absolute Gasteiger partial charge is 0.389 e. The minimum atomic E-state index is -0.537. The first-order chi connectivity index (χ1) is 8.24. The van der Waals surface area contributed by atoms with Gasteiger partial charge in [-0.05, 0) is 37.5 Å². The van der Waals surface area contributed by atoms with Gasteiger partial charge < -0.3 is 5.11 Å². The van der Waals surface area contributed by atoms with Crippen LogP contribution in [0.2, 0.25) is 0 Å². The van der Waals surface area contributed by atoms with Crippen molar-refractivity contribution in [2.75, 3.05) is 0 Å². The molecule has 0 saturated heterocycles. The van der Waals surface area contributed by atoms with Gasteiger partial charge in [-0.2, -0.15) is 15.4 Å². The maximum atomic E-state index is 11.1. The molecule has 1 atom stereocenters. The van der Waals surface area contributed by atoms with Gasteiger partial charge in [-0.25, -0.2) is 0 Å². The number of nitrogens with one attached hydrogen (secondary N) is 1. The highest BCUT2D eigenvalue weighted by atomic mass is 16.3. The Morgan fingerprint density at radius 3 is 2.59 bits per heavy atom. The lowest BCUT2D eigenvalue weighted by molar-refractivity contribution is -0.0804. The van der Waals surface area contributed by atoms with Crippen molar-refractivity contribution in [3.8, 4) is 0 Å². The van der Waals surface area contributed by atoms with E-state index in [1.165, 1.54) is 38.5 Å². The Labute approximate surface area is 102 Å². The van der Waals surface area contributed by atoms with E-state index in [2.05, 4.69) is 15.4 Å². The molecule has 1 aromatic rings. The van der Waals surface area contributed by atoms with Crippen molar-refractivity contribution in [3.05, 3.63) is 11.9 Å². The molecule has 0 radical (unpaired) electrons. The van der Waals surface area contributed by atoms with Gasteiger partial charge >= 0.3 is 0 Å². The monoisotopic (exact) mass is 235 g/mol. The minimum absolute atomic E-state index is 0.171. The minimum Gasteiger partial charge on any atom is -0.389 e. The number of aliphatic hydroxyl groups is 1. The number of nitrogens with zero attached hydrogens (tertiary/aromatic N) is 2. The standard InChI is InChI=1S/C13H21N3O/c17-13(9-11-10-14-16-15-11)8-4-7-12(13)5-2-1-3-6-12/h10,17H,1-9H2,(H,14,15,16). The molecule has 1 heterocycles. The number of rotatable bonds is 2. The molecule has 2 aliphatic rings. The molecule has 0 aliphatic heterocycles. The molecule has 2 fully saturated rings. The molecule has 2 aliphatic carbocycles. The molecule has 0 amide bonds. The first-order valence-corrected chi connectivity index (χ1v) is 6.81. The van der Waals surface area contributed by atoms with E-state index in [0.29, 0.717) is 6.42 Å². The molecule has 0 aromatic carbocycles. The van der Waals surface area contributed by atoms with Crippen LogP contribution in [0.25, 0.3) is 0 Å². The molecule has 0 bridgehead atoms. The highest BCUT2D eigenvalue weighted by Crippen LogP contribution is 2.56. The highest BCUT2D eigenvalue weighted by molar-refractivity contribution is 5.10. The van der Waals surface area contributed by atoms with Crippen molar-refractivity contribution in [2.45, 2.75) is 63.4 Å². The molecule has 2 N–H and O–H groups in total. The van der Waals surface area contributed by atoms with Crippen LogP contribution in [0.3, 0.4) is 0 Å². The molecular weight excluding hydrogens is 214 g/mol. The molecule has 2 saturated carbocycles. The number of H-pyrrole nitrogens is 1. The molecule has 94 valence electrons. The van der Waals surface area contributed by atoms with Crippen LogP contribution in [-0.2, 0) is 6.42 Å². The van der Waals surface area contributed by atoms with Crippen molar-refractivity contribution in [1.82, 2.24) is 15.4 Å². The summed E-state index contributed by atoms with van der Waals surface area (Å²) in [5, 5.41) is 21.6. The zero-order valence-corrected chi connectivity index (χ0v) is 10.3. The number of aromatic nitrogens is 3. The SMILES string of the molecule is OC1(Cc2cn[nH]n2)CCCC12CCCCC2. The molecule has 4 heteroatoms. The van der Waals surface area contributed by atoms with Crippen LogP contribution in [0.4, 0.5) is 0 Å². The summed E-state index contributed by atoms with van der Waals surface area (Å²) in [5.74, 6) is 0. The lowest BCUT2D eigenvalue weighted by Gasteiger charge is -2.45. The molecule has 1 aromatic heterocycles. The first-order valence-electron chi connectivity index (χ1n) is 6.81. The molecule has 3 rings (SSSR count). The van der Waals surface area contributed by atoms with Crippen LogP contribution in [0.5, 0.6) is 0 Å². The van der Waals surface area contributed by atoms with Crippen LogP contribution in [0.15, 0.2) is 6.20 Å². The molecule has 4 nitrogen and oxygen atoms in total. The lowest BCUT2D eigenvalue weighted by Crippen LogP contribution is -2.47. The summed E-state index contributed by atoms with van der Waals surface area (Å²) in [6, 6.07) is 0. The van der Waals surface area contributed by atoms with Gasteiger partial charge in [-0.3, -0.25) is 0 Å². The summed E-state index contributed by atoms with van der Waals surface area (Å²) in [5.41, 5.74) is 0.536. The summed E-state index contributed by atoms with van der Waals surface area (Å²) in [7, 11) is 0. The lowest BCUT2D eigenvalue weighted by atomic mass is 9.64. The predicted molar refractivity (Wildman–Crippen MR) is 64.4 cm³/mol. The van der Waals surface area contributed by atoms with Crippen LogP contribution >= 0.6 is 0 Å². The van der Waals surface area contributed by atoms with Crippen molar-refractivity contribution < 1.29 is 5.11 Å². The van der Waals surface area contributed by atoms with E-state index in [0.717, 1.165) is 18.5 Å². The van der Waals surface area contributed by atoms with Crippen molar-refractivity contribution in [3.63, 3.8) is 0 Å². The van der Waals surface area contributed by atoms with E-state index in [1.807, 2.05) is 0 Å². The zero-order valence-electron chi connectivity index (χ0n) is 10.3. The normalized spacial score (nSPS) is 32.1. The van der Waals surface area contributed by atoms with E-state index in [9.17, 15) is 5.11 Å². The Kier molecular flexibility index (Phi) is 2.69. The van der Waals surface area contributed by atoms with Crippen molar-refractivity contribution in [1.29, 1.82) is 0 Å². The van der Waals surface area contributed by atoms with Gasteiger partial charge in [-0.1, -0.05) is 19.3 Å². The third-order valence-electron chi connectivity index (χ3n) is 4.98. The Morgan fingerprint density at radius 2 is 1.88 bits per heavy atom. The second-order valence-electron chi connectivity index (χ2n) is 5.86. The second-order valence-corrected chi connectivity index (χ2v) is 5.86. The summed E-state index contributed by atoms with van der Waals surface area (Å²) in [6.45, 7) is 0.